The number of halogens is 1. The highest BCUT2D eigenvalue weighted by Crippen LogP contribution is 2.37. The van der Waals surface area contributed by atoms with Crippen LogP contribution in [0.25, 0.3) is 12.2 Å². The molecule has 0 bridgehead atoms. The van der Waals surface area contributed by atoms with Crippen molar-refractivity contribution in [1.29, 1.82) is 0 Å². The highest BCUT2D eigenvalue weighted by atomic mass is 19.1. The summed E-state index contributed by atoms with van der Waals surface area (Å²) >= 11 is 0. The molecule has 0 aliphatic carbocycles. The molecule has 0 N–H and O–H groups in total. The molecule has 8 heteroatoms. The molecule has 1 unspecified atom stereocenters. The van der Waals surface area contributed by atoms with Crippen LogP contribution in [0.3, 0.4) is 0 Å². The SMILES string of the molecule is CN1c2nc(/C=C/c3ccc(F)cc3)ncc2N(C(=O)N2CCCC2)C1C=O. The molecule has 144 valence electrons. The summed E-state index contributed by atoms with van der Waals surface area (Å²) in [4.78, 5) is 38.3. The quantitative estimate of drug-likeness (QED) is 0.765. The fraction of sp³-hybridized carbons (Fsp3) is 0.300. The number of fused-ring (bicyclic) bond motifs is 1. The Morgan fingerprint density at radius 2 is 1.89 bits per heavy atom. The maximum atomic E-state index is 13.0. The van der Waals surface area contributed by atoms with Crippen LogP contribution in [0.2, 0.25) is 0 Å². The van der Waals surface area contributed by atoms with E-state index in [2.05, 4.69) is 9.97 Å². The van der Waals surface area contributed by atoms with E-state index in [0.29, 0.717) is 30.4 Å². The highest BCUT2D eigenvalue weighted by molar-refractivity contribution is 6.02. The molecule has 7 nitrogen and oxygen atoms in total. The van der Waals surface area contributed by atoms with Crippen molar-refractivity contribution in [1.82, 2.24) is 14.9 Å². The number of likely N-dealkylation sites (N-methyl/N-ethyl adjacent to an activating group) is 1. The lowest BCUT2D eigenvalue weighted by Crippen LogP contribution is -2.50. The van der Waals surface area contributed by atoms with Gasteiger partial charge in [0, 0.05) is 20.1 Å². The van der Waals surface area contributed by atoms with Crippen LogP contribution in [-0.2, 0) is 4.79 Å². The predicted molar refractivity (Wildman–Crippen MR) is 104 cm³/mol. The second kappa shape index (κ2) is 7.38. The zero-order chi connectivity index (χ0) is 19.7. The summed E-state index contributed by atoms with van der Waals surface area (Å²) in [5, 5.41) is 0. The van der Waals surface area contributed by atoms with Gasteiger partial charge < -0.3 is 9.80 Å². The van der Waals surface area contributed by atoms with Gasteiger partial charge in [-0.3, -0.25) is 9.69 Å². The van der Waals surface area contributed by atoms with Crippen LogP contribution in [0.1, 0.15) is 24.2 Å². The summed E-state index contributed by atoms with van der Waals surface area (Å²) in [6, 6.07) is 5.88. The van der Waals surface area contributed by atoms with Crippen molar-refractivity contribution < 1.29 is 14.0 Å². The number of aldehydes is 1. The van der Waals surface area contributed by atoms with Crippen molar-refractivity contribution in [2.24, 2.45) is 0 Å². The Labute approximate surface area is 162 Å². The van der Waals surface area contributed by atoms with E-state index >= 15 is 0 Å². The van der Waals surface area contributed by atoms with Crippen LogP contribution < -0.4 is 9.80 Å². The summed E-state index contributed by atoms with van der Waals surface area (Å²) in [6.45, 7) is 1.39. The molecule has 0 spiro atoms. The molecular formula is C20H20FN5O2. The second-order valence-electron chi connectivity index (χ2n) is 6.83. The van der Waals surface area contributed by atoms with Crippen LogP contribution in [0.5, 0.6) is 0 Å². The van der Waals surface area contributed by atoms with Gasteiger partial charge in [0.15, 0.2) is 24.1 Å². The smallest absolute Gasteiger partial charge is 0.326 e. The lowest BCUT2D eigenvalue weighted by atomic mass is 10.2. The second-order valence-corrected chi connectivity index (χ2v) is 6.83. The van der Waals surface area contributed by atoms with Gasteiger partial charge in [-0.05, 0) is 36.6 Å². The van der Waals surface area contributed by atoms with Gasteiger partial charge in [0.1, 0.15) is 11.5 Å². The average Bonchev–Trinajstić information content (AvgIpc) is 3.34. The fourth-order valence-corrected chi connectivity index (χ4v) is 3.50. The minimum Gasteiger partial charge on any atom is -0.331 e. The van der Waals surface area contributed by atoms with E-state index in [-0.39, 0.29) is 11.8 Å². The largest absolute Gasteiger partial charge is 0.331 e. The number of urea groups is 1. The van der Waals surface area contributed by atoms with Crippen LogP contribution >= 0.6 is 0 Å². The standard InChI is InChI=1S/C20H20FN5O2/c1-24-18(13-27)26(20(28)25-10-2-3-11-25)16-12-22-17(23-19(16)24)9-6-14-4-7-15(21)8-5-14/h4-9,12-13,18H,2-3,10-11H2,1H3/b9-6+. The van der Waals surface area contributed by atoms with Gasteiger partial charge in [-0.1, -0.05) is 18.2 Å². The predicted octanol–water partition coefficient (Wildman–Crippen LogP) is 2.78. The Kier molecular flexibility index (Phi) is 4.77. The molecular weight excluding hydrogens is 361 g/mol. The molecule has 2 aliphatic heterocycles. The van der Waals surface area contributed by atoms with E-state index in [4.69, 9.17) is 0 Å². The number of amides is 2. The molecule has 4 rings (SSSR count). The number of hydrogen-bond acceptors (Lipinski definition) is 5. The van der Waals surface area contributed by atoms with Gasteiger partial charge in [0.2, 0.25) is 0 Å². The van der Waals surface area contributed by atoms with Crippen molar-refractivity contribution >= 4 is 36.0 Å². The molecule has 2 amide bonds. The first kappa shape index (κ1) is 18.1. The molecule has 0 saturated carbocycles. The van der Waals surface area contributed by atoms with E-state index in [1.54, 1.807) is 47.3 Å². The van der Waals surface area contributed by atoms with Gasteiger partial charge in [0.05, 0.1) is 6.20 Å². The van der Waals surface area contributed by atoms with Crippen LogP contribution in [0.4, 0.5) is 20.7 Å². The molecule has 1 atom stereocenters. The fourth-order valence-electron chi connectivity index (χ4n) is 3.50. The highest BCUT2D eigenvalue weighted by Gasteiger charge is 2.41. The number of aromatic nitrogens is 2. The van der Waals surface area contributed by atoms with Crippen molar-refractivity contribution in [3.63, 3.8) is 0 Å². The molecule has 1 saturated heterocycles. The maximum Gasteiger partial charge on any atom is 0.326 e. The van der Waals surface area contributed by atoms with E-state index in [0.717, 1.165) is 24.7 Å². The number of likely N-dealkylation sites (tertiary alicyclic amines) is 1. The third-order valence-electron chi connectivity index (χ3n) is 5.02. The number of rotatable bonds is 3. The number of benzene rings is 1. The normalized spacial score (nSPS) is 18.8. The van der Waals surface area contributed by atoms with Crippen molar-refractivity contribution in [3.8, 4) is 0 Å². The van der Waals surface area contributed by atoms with E-state index < -0.39 is 6.17 Å². The van der Waals surface area contributed by atoms with Crippen LogP contribution in [-0.4, -0.2) is 53.5 Å². The Morgan fingerprint density at radius 3 is 2.57 bits per heavy atom. The topological polar surface area (TPSA) is 69.6 Å². The lowest BCUT2D eigenvalue weighted by molar-refractivity contribution is -0.108. The molecule has 2 aromatic rings. The molecule has 2 aliphatic rings. The number of nitrogens with zero attached hydrogens (tertiary/aromatic N) is 5. The Bertz CT molecular complexity index is 925. The summed E-state index contributed by atoms with van der Waals surface area (Å²) in [7, 11) is 1.73. The Hall–Kier alpha value is -3.29. The Morgan fingerprint density at radius 1 is 1.18 bits per heavy atom. The maximum absolute atomic E-state index is 13.0. The third kappa shape index (κ3) is 3.21. The van der Waals surface area contributed by atoms with E-state index in [9.17, 15) is 14.0 Å². The van der Waals surface area contributed by atoms with Gasteiger partial charge in [-0.25, -0.2) is 19.2 Å². The van der Waals surface area contributed by atoms with Gasteiger partial charge in [0.25, 0.3) is 0 Å². The minimum atomic E-state index is -0.742. The van der Waals surface area contributed by atoms with Crippen molar-refractivity contribution in [2.75, 3.05) is 29.9 Å². The van der Waals surface area contributed by atoms with E-state index in [1.807, 2.05) is 0 Å². The summed E-state index contributed by atoms with van der Waals surface area (Å²) < 4.78 is 13.0. The van der Waals surface area contributed by atoms with Gasteiger partial charge in [-0.15, -0.1) is 0 Å². The average molecular weight is 381 g/mol. The van der Waals surface area contributed by atoms with Gasteiger partial charge >= 0.3 is 6.03 Å². The summed E-state index contributed by atoms with van der Waals surface area (Å²) in [5.74, 6) is 0.670. The molecule has 1 aromatic heterocycles. The first-order chi connectivity index (χ1) is 13.6. The lowest BCUT2D eigenvalue weighted by Gasteiger charge is -2.28. The number of carbonyl (C=O) groups excluding carboxylic acids is 2. The molecule has 1 aromatic carbocycles. The van der Waals surface area contributed by atoms with Gasteiger partial charge in [-0.2, -0.15) is 0 Å². The first-order valence-corrected chi connectivity index (χ1v) is 9.15. The number of anilines is 2. The molecule has 1 fully saturated rings. The molecule has 3 heterocycles. The zero-order valence-corrected chi connectivity index (χ0v) is 15.5. The monoisotopic (exact) mass is 381 g/mol. The molecule has 0 radical (unpaired) electrons. The zero-order valence-electron chi connectivity index (χ0n) is 15.5. The van der Waals surface area contributed by atoms with Crippen LogP contribution in [0, 0.1) is 5.82 Å². The summed E-state index contributed by atoms with van der Waals surface area (Å²) in [5.41, 5.74) is 1.34. The molecule has 28 heavy (non-hydrogen) atoms. The van der Waals surface area contributed by atoms with E-state index in [1.165, 1.54) is 17.0 Å². The van der Waals surface area contributed by atoms with Crippen molar-refractivity contribution in [3.05, 3.63) is 47.7 Å². The first-order valence-electron chi connectivity index (χ1n) is 9.15. The Balaban J connectivity index is 1.62. The summed E-state index contributed by atoms with van der Waals surface area (Å²) in [6.07, 6.45) is 7.00. The third-order valence-corrected chi connectivity index (χ3v) is 5.02. The minimum absolute atomic E-state index is 0.196. The number of hydrogen-bond donors (Lipinski definition) is 0. The number of carbonyl (C=O) groups is 2. The van der Waals surface area contributed by atoms with Crippen molar-refractivity contribution in [2.45, 2.75) is 19.0 Å². The van der Waals surface area contributed by atoms with Crippen LogP contribution in [0.15, 0.2) is 30.5 Å².